The molecule has 7 aromatic rings. The van der Waals surface area contributed by atoms with Crippen molar-refractivity contribution in [3.05, 3.63) is 120 Å². The number of piperidine rings is 1. The summed E-state index contributed by atoms with van der Waals surface area (Å²) in [5.41, 5.74) is 4.42. The van der Waals surface area contributed by atoms with Gasteiger partial charge >= 0.3 is 11.4 Å². The number of aryl methyl sites for hydroxylation is 4. The molecule has 1 atom stereocenters. The first-order valence-corrected chi connectivity index (χ1v) is 21.8. The van der Waals surface area contributed by atoms with Gasteiger partial charge < -0.3 is 34.6 Å². The minimum absolute atomic E-state index is 0.302. The van der Waals surface area contributed by atoms with E-state index in [0.717, 1.165) is 34.6 Å². The van der Waals surface area contributed by atoms with Crippen molar-refractivity contribution in [3.63, 3.8) is 0 Å². The van der Waals surface area contributed by atoms with Crippen LogP contribution in [0.4, 0.5) is 5.95 Å². The first kappa shape index (κ1) is 46.5. The van der Waals surface area contributed by atoms with Crippen LogP contribution < -0.4 is 33.1 Å². The van der Waals surface area contributed by atoms with Gasteiger partial charge in [0.1, 0.15) is 0 Å². The Labute approximate surface area is 367 Å². The predicted molar refractivity (Wildman–Crippen MR) is 253 cm³/mol. The number of hydrogen-bond acceptors (Lipinski definition) is 10. The molecule has 1 aliphatic heterocycles. The summed E-state index contributed by atoms with van der Waals surface area (Å²) >= 11 is 0. The smallest absolute Gasteiger partial charge is 0.332 e. The molecule has 0 bridgehead atoms. The monoisotopic (exact) mass is 864 g/mol. The standard InChI is InChI=1S/C20H28N6O2.C15H20N2.C11H17N5O2/c1-14(13-15-9-7-6-8-10-15)23(2)12-11-21-19-22-17-16(24(19)3)18(27)26(5)20(28)25(17)4;1-2-4-15-14(3-1)13(11-17-15)6-5-12-7-9-16-10-8-12;1-13(2)5-6-16-7-12-9-8(16)10(17)15(4)11(18)14(9)3/h6-10,14H,11-13H2,1-5H3,(H,21,22);1-4,11-12,16-17H,5-10H2;7H,5-6H2,1-4H3. The average molecular weight is 864 g/mol. The van der Waals surface area contributed by atoms with Gasteiger partial charge in [-0.25, -0.2) is 14.6 Å². The lowest BCUT2D eigenvalue weighted by atomic mass is 9.91. The number of nitrogens with one attached hydrogen (secondary N) is 3. The number of hydrogen-bond donors (Lipinski definition) is 3. The lowest BCUT2D eigenvalue weighted by Crippen LogP contribution is -2.37. The molecule has 338 valence electrons. The van der Waals surface area contributed by atoms with Crippen molar-refractivity contribution in [2.75, 3.05) is 59.2 Å². The van der Waals surface area contributed by atoms with Crippen LogP contribution in [0.25, 0.3) is 33.2 Å². The third kappa shape index (κ3) is 10.8. The number of rotatable bonds is 13. The first-order valence-electron chi connectivity index (χ1n) is 21.8. The van der Waals surface area contributed by atoms with E-state index < -0.39 is 0 Å². The predicted octanol–water partition coefficient (Wildman–Crippen LogP) is 3.04. The topological polar surface area (TPSA) is 170 Å². The number of nitrogens with zero attached hydrogens (tertiary/aromatic N) is 10. The second-order valence-electron chi connectivity index (χ2n) is 17.0. The largest absolute Gasteiger partial charge is 0.361 e. The highest BCUT2D eigenvalue weighted by Gasteiger charge is 2.18. The van der Waals surface area contributed by atoms with E-state index in [1.54, 1.807) is 36.6 Å². The highest BCUT2D eigenvalue weighted by Crippen LogP contribution is 2.23. The summed E-state index contributed by atoms with van der Waals surface area (Å²) in [6.45, 7) is 7.60. The maximum Gasteiger partial charge on any atom is 0.332 e. The number of H-pyrrole nitrogens is 1. The number of anilines is 1. The molecule has 0 amide bonds. The zero-order chi connectivity index (χ0) is 45.4. The van der Waals surface area contributed by atoms with Crippen LogP contribution in [0.3, 0.4) is 0 Å². The van der Waals surface area contributed by atoms with E-state index >= 15 is 0 Å². The Balaban J connectivity index is 0.000000164. The molecular formula is C46H65N13O4. The van der Waals surface area contributed by atoms with Crippen molar-refractivity contribution in [2.45, 2.75) is 51.6 Å². The van der Waals surface area contributed by atoms with Gasteiger partial charge in [0.25, 0.3) is 11.1 Å². The summed E-state index contributed by atoms with van der Waals surface area (Å²) in [7, 11) is 14.0. The van der Waals surface area contributed by atoms with E-state index in [4.69, 9.17) is 0 Å². The summed E-state index contributed by atoms with van der Waals surface area (Å²) in [6.07, 6.45) is 10.0. The molecule has 0 spiro atoms. The number of likely N-dealkylation sites (N-methyl/N-ethyl adjacent to an activating group) is 2. The van der Waals surface area contributed by atoms with Crippen LogP contribution in [0.2, 0.25) is 0 Å². The quantitative estimate of drug-likeness (QED) is 0.157. The Kier molecular flexibility index (Phi) is 15.4. The summed E-state index contributed by atoms with van der Waals surface area (Å²) in [4.78, 5) is 64.7. The van der Waals surface area contributed by atoms with Crippen molar-refractivity contribution in [1.29, 1.82) is 0 Å². The van der Waals surface area contributed by atoms with Gasteiger partial charge in [0.15, 0.2) is 22.3 Å². The fraction of sp³-hybridized carbons (Fsp3) is 0.478. The minimum Gasteiger partial charge on any atom is -0.361 e. The van der Waals surface area contributed by atoms with Gasteiger partial charge in [-0.15, -0.1) is 0 Å². The van der Waals surface area contributed by atoms with E-state index in [1.165, 1.54) is 84.0 Å². The highest BCUT2D eigenvalue weighted by molar-refractivity contribution is 5.83. The lowest BCUT2D eigenvalue weighted by molar-refractivity contribution is 0.265. The SMILES string of the molecule is CC(Cc1ccccc1)N(C)CCNc1nc2c(c(=O)n(C)c(=O)n2C)n1C.CN(C)CCn1cnc2c1c(=O)n(C)c(=O)n2C.c1ccc2c(CCC3CCNCC3)c[nH]c2c1. The number of aromatic amines is 1. The van der Waals surface area contributed by atoms with E-state index in [1.807, 2.05) is 25.1 Å². The molecule has 1 saturated heterocycles. The van der Waals surface area contributed by atoms with Crippen molar-refractivity contribution in [1.82, 2.24) is 57.5 Å². The van der Waals surface area contributed by atoms with Crippen LogP contribution in [0.5, 0.6) is 0 Å². The van der Waals surface area contributed by atoms with Crippen molar-refractivity contribution in [2.24, 2.45) is 41.2 Å². The number of benzene rings is 2. The second kappa shape index (κ2) is 20.9. The highest BCUT2D eigenvalue weighted by atomic mass is 16.2. The van der Waals surface area contributed by atoms with Gasteiger partial charge in [-0.2, -0.15) is 4.98 Å². The summed E-state index contributed by atoms with van der Waals surface area (Å²) in [5.74, 6) is 1.50. The number of imidazole rings is 2. The summed E-state index contributed by atoms with van der Waals surface area (Å²) < 4.78 is 8.50. The molecule has 1 aliphatic rings. The molecule has 0 aliphatic carbocycles. The fourth-order valence-electron chi connectivity index (χ4n) is 8.09. The molecule has 8 rings (SSSR count). The first-order chi connectivity index (χ1) is 30.2. The molecule has 0 radical (unpaired) electrons. The molecule has 17 nitrogen and oxygen atoms in total. The zero-order valence-corrected chi connectivity index (χ0v) is 38.4. The van der Waals surface area contributed by atoms with E-state index in [0.29, 0.717) is 47.4 Å². The Hall–Kier alpha value is -6.04. The van der Waals surface area contributed by atoms with Crippen LogP contribution in [0.1, 0.15) is 37.3 Å². The van der Waals surface area contributed by atoms with Gasteiger partial charge in [-0.3, -0.25) is 27.9 Å². The van der Waals surface area contributed by atoms with Crippen molar-refractivity contribution < 1.29 is 0 Å². The van der Waals surface area contributed by atoms with E-state index in [2.05, 4.69) is 99.2 Å². The van der Waals surface area contributed by atoms with Crippen LogP contribution in [0.15, 0.2) is 86.3 Å². The third-order valence-corrected chi connectivity index (χ3v) is 12.3. The van der Waals surface area contributed by atoms with Crippen LogP contribution >= 0.6 is 0 Å². The van der Waals surface area contributed by atoms with Gasteiger partial charge in [0.05, 0.1) is 6.33 Å². The van der Waals surface area contributed by atoms with Crippen LogP contribution in [0, 0.1) is 5.92 Å². The molecule has 1 unspecified atom stereocenters. The van der Waals surface area contributed by atoms with Gasteiger partial charge in [0, 0.05) is 84.6 Å². The van der Waals surface area contributed by atoms with E-state index in [-0.39, 0.29) is 22.5 Å². The molecule has 6 heterocycles. The number of para-hydroxylation sites is 1. The molecule has 5 aromatic heterocycles. The Bertz CT molecular complexity index is 2850. The molecular weight excluding hydrogens is 799 g/mol. The molecule has 63 heavy (non-hydrogen) atoms. The maximum absolute atomic E-state index is 12.4. The third-order valence-electron chi connectivity index (χ3n) is 12.3. The van der Waals surface area contributed by atoms with Gasteiger partial charge in [-0.05, 0) is 96.4 Å². The number of fused-ring (bicyclic) bond motifs is 3. The minimum atomic E-state index is -0.378. The molecule has 1 fully saturated rings. The second-order valence-corrected chi connectivity index (χ2v) is 17.0. The summed E-state index contributed by atoms with van der Waals surface area (Å²) in [6, 6.07) is 19.5. The molecule has 0 saturated carbocycles. The lowest BCUT2D eigenvalue weighted by Gasteiger charge is -2.25. The van der Waals surface area contributed by atoms with Crippen molar-refractivity contribution >= 4 is 39.2 Å². The Morgan fingerprint density at radius 3 is 2.10 bits per heavy atom. The zero-order valence-electron chi connectivity index (χ0n) is 38.4. The molecule has 17 heteroatoms. The van der Waals surface area contributed by atoms with E-state index in [9.17, 15) is 19.2 Å². The van der Waals surface area contributed by atoms with Crippen molar-refractivity contribution in [3.8, 4) is 0 Å². The summed E-state index contributed by atoms with van der Waals surface area (Å²) in [5, 5.41) is 8.13. The Morgan fingerprint density at radius 2 is 1.41 bits per heavy atom. The van der Waals surface area contributed by atoms with Gasteiger partial charge in [-0.1, -0.05) is 48.5 Å². The number of aromatic nitrogens is 9. The molecule has 3 N–H and O–H groups in total. The normalized spacial score (nSPS) is 13.7. The average Bonchev–Trinajstić information content (AvgIpc) is 4.01. The molecule has 2 aromatic carbocycles. The van der Waals surface area contributed by atoms with Gasteiger partial charge in [0.2, 0.25) is 5.95 Å². The van der Waals surface area contributed by atoms with Crippen LogP contribution in [-0.2, 0) is 54.6 Å². The Morgan fingerprint density at radius 1 is 0.778 bits per heavy atom. The maximum atomic E-state index is 12.4. The van der Waals surface area contributed by atoms with Crippen LogP contribution in [-0.4, -0.2) is 112 Å². The fourth-order valence-corrected chi connectivity index (χ4v) is 8.09.